The predicted molar refractivity (Wildman–Crippen MR) is 85.9 cm³/mol. The van der Waals surface area contributed by atoms with Gasteiger partial charge in [0.15, 0.2) is 0 Å². The smallest absolute Gasteiger partial charge is 0.0195 e. The Balaban J connectivity index is 1.64. The van der Waals surface area contributed by atoms with E-state index in [-0.39, 0.29) is 0 Å². The lowest BCUT2D eigenvalue weighted by molar-refractivity contribution is -0.117. The van der Waals surface area contributed by atoms with Crippen LogP contribution in [0.1, 0.15) is 66.2 Å². The van der Waals surface area contributed by atoms with Crippen molar-refractivity contribution in [1.82, 2.24) is 10.2 Å². The van der Waals surface area contributed by atoms with Crippen LogP contribution in [0.5, 0.6) is 0 Å². The summed E-state index contributed by atoms with van der Waals surface area (Å²) in [6, 6.07) is 0. The number of nitrogens with one attached hydrogen (secondary N) is 1. The molecule has 0 heterocycles. The molecule has 1 N–H and O–H groups in total. The molecular weight excluding hydrogens is 244 g/mol. The summed E-state index contributed by atoms with van der Waals surface area (Å²) in [6.45, 7) is 14.4. The first kappa shape index (κ1) is 14.8. The molecule has 0 aromatic heterocycles. The molecule has 0 aromatic carbocycles. The Morgan fingerprint density at radius 2 is 1.55 bits per heavy atom. The van der Waals surface area contributed by atoms with E-state index >= 15 is 0 Å². The van der Waals surface area contributed by atoms with Crippen molar-refractivity contribution in [3.63, 3.8) is 0 Å². The van der Waals surface area contributed by atoms with Crippen molar-refractivity contribution in [2.75, 3.05) is 26.2 Å². The van der Waals surface area contributed by atoms with Crippen LogP contribution < -0.4 is 5.32 Å². The molecule has 4 aliphatic rings. The van der Waals surface area contributed by atoms with Gasteiger partial charge >= 0.3 is 0 Å². The lowest BCUT2D eigenvalue weighted by Crippen LogP contribution is -2.64. The van der Waals surface area contributed by atoms with Crippen molar-refractivity contribution in [2.24, 2.45) is 16.7 Å². The average Bonchev–Trinajstić information content (AvgIpc) is 2.30. The fraction of sp³-hybridized carbons (Fsp3) is 1.00. The number of rotatable bonds is 6. The molecule has 0 spiro atoms. The summed E-state index contributed by atoms with van der Waals surface area (Å²) in [4.78, 5) is 2.54. The van der Waals surface area contributed by atoms with E-state index in [4.69, 9.17) is 0 Å². The summed E-state index contributed by atoms with van der Waals surface area (Å²) in [5.41, 5.74) is 1.75. The Bertz CT molecular complexity index is 342. The zero-order chi connectivity index (χ0) is 14.4. The topological polar surface area (TPSA) is 15.3 Å². The van der Waals surface area contributed by atoms with Gasteiger partial charge in [-0.25, -0.2) is 0 Å². The molecule has 0 aromatic rings. The molecule has 2 atom stereocenters. The SMILES string of the molecule is CCN(CC)CCNC12CC3CC(C)(CC(C)(C3)C1)C2. The maximum atomic E-state index is 4.04. The summed E-state index contributed by atoms with van der Waals surface area (Å²) in [7, 11) is 0. The highest BCUT2D eigenvalue weighted by molar-refractivity contribution is 5.14. The molecule has 0 aliphatic heterocycles. The molecular formula is C18H34N2. The van der Waals surface area contributed by atoms with Gasteiger partial charge < -0.3 is 10.2 Å². The van der Waals surface area contributed by atoms with Crippen molar-refractivity contribution in [1.29, 1.82) is 0 Å². The largest absolute Gasteiger partial charge is 0.310 e. The van der Waals surface area contributed by atoms with Gasteiger partial charge in [-0.1, -0.05) is 27.7 Å². The molecule has 4 aliphatic carbocycles. The number of nitrogens with zero attached hydrogens (tertiary/aromatic N) is 1. The second-order valence-corrected chi connectivity index (χ2v) is 8.86. The molecule has 0 radical (unpaired) electrons. The van der Waals surface area contributed by atoms with Gasteiger partial charge in [0.05, 0.1) is 0 Å². The highest BCUT2D eigenvalue weighted by Crippen LogP contribution is 2.66. The molecule has 4 bridgehead atoms. The third-order valence-electron chi connectivity index (χ3n) is 6.45. The Morgan fingerprint density at radius 3 is 2.05 bits per heavy atom. The third-order valence-corrected chi connectivity index (χ3v) is 6.45. The summed E-state index contributed by atoms with van der Waals surface area (Å²) < 4.78 is 0. The molecule has 0 amide bonds. The van der Waals surface area contributed by atoms with Crippen LogP contribution in [0, 0.1) is 16.7 Å². The second-order valence-electron chi connectivity index (χ2n) is 8.86. The molecule has 2 heteroatoms. The second kappa shape index (κ2) is 4.98. The fourth-order valence-electron chi connectivity index (χ4n) is 6.66. The molecule has 4 saturated carbocycles. The van der Waals surface area contributed by atoms with Crippen molar-refractivity contribution in [3.05, 3.63) is 0 Å². The van der Waals surface area contributed by atoms with Gasteiger partial charge in [-0.05, 0) is 68.4 Å². The zero-order valence-electron chi connectivity index (χ0n) is 14.1. The van der Waals surface area contributed by atoms with Gasteiger partial charge in [0.25, 0.3) is 0 Å². The first-order valence-electron chi connectivity index (χ1n) is 8.87. The first-order chi connectivity index (χ1) is 9.40. The Morgan fingerprint density at radius 1 is 0.950 bits per heavy atom. The van der Waals surface area contributed by atoms with Gasteiger partial charge in [-0.15, -0.1) is 0 Å². The van der Waals surface area contributed by atoms with Gasteiger partial charge in [0, 0.05) is 18.6 Å². The molecule has 2 nitrogen and oxygen atoms in total. The van der Waals surface area contributed by atoms with E-state index < -0.39 is 0 Å². The van der Waals surface area contributed by atoms with E-state index in [0.29, 0.717) is 16.4 Å². The Hall–Kier alpha value is -0.0800. The van der Waals surface area contributed by atoms with E-state index in [1.165, 1.54) is 64.7 Å². The van der Waals surface area contributed by atoms with E-state index in [2.05, 4.69) is 37.9 Å². The predicted octanol–water partition coefficient (Wildman–Crippen LogP) is 3.67. The summed E-state index contributed by atoms with van der Waals surface area (Å²) in [5, 5.41) is 4.04. The molecule has 0 saturated heterocycles. The minimum Gasteiger partial charge on any atom is -0.310 e. The third kappa shape index (κ3) is 2.66. The average molecular weight is 278 g/mol. The molecule has 116 valence electrons. The maximum absolute atomic E-state index is 4.04. The molecule has 4 fully saturated rings. The van der Waals surface area contributed by atoms with E-state index in [1.54, 1.807) is 0 Å². The van der Waals surface area contributed by atoms with Crippen molar-refractivity contribution >= 4 is 0 Å². The van der Waals surface area contributed by atoms with Crippen LogP contribution in [-0.2, 0) is 0 Å². The number of likely N-dealkylation sites (N-methyl/N-ethyl adjacent to an activating group) is 1. The highest BCUT2D eigenvalue weighted by Gasteiger charge is 2.59. The van der Waals surface area contributed by atoms with Crippen molar-refractivity contribution in [3.8, 4) is 0 Å². The molecule has 20 heavy (non-hydrogen) atoms. The van der Waals surface area contributed by atoms with E-state index in [0.717, 1.165) is 5.92 Å². The standard InChI is InChI=1S/C18H34N2/c1-5-20(6-2)8-7-19-18-11-15-9-16(3,13-18)12-17(4,10-15)14-18/h15,19H,5-14H2,1-4H3. The summed E-state index contributed by atoms with van der Waals surface area (Å²) in [5.74, 6) is 1.00. The van der Waals surface area contributed by atoms with Crippen LogP contribution in [0.2, 0.25) is 0 Å². The quantitative estimate of drug-likeness (QED) is 0.797. The lowest BCUT2D eigenvalue weighted by atomic mass is 9.43. The van der Waals surface area contributed by atoms with Crippen LogP contribution in [0.3, 0.4) is 0 Å². The van der Waals surface area contributed by atoms with Crippen LogP contribution in [0.4, 0.5) is 0 Å². The van der Waals surface area contributed by atoms with Gasteiger partial charge in [-0.3, -0.25) is 0 Å². The minimum absolute atomic E-state index is 0.482. The number of hydrogen-bond acceptors (Lipinski definition) is 2. The van der Waals surface area contributed by atoms with Crippen LogP contribution in [0.25, 0.3) is 0 Å². The van der Waals surface area contributed by atoms with Crippen molar-refractivity contribution < 1.29 is 0 Å². The van der Waals surface area contributed by atoms with Gasteiger partial charge in [0.1, 0.15) is 0 Å². The van der Waals surface area contributed by atoms with Gasteiger partial charge in [-0.2, -0.15) is 0 Å². The lowest BCUT2D eigenvalue weighted by Gasteiger charge is -2.65. The Labute approximate surface area is 125 Å². The minimum atomic E-state index is 0.482. The van der Waals surface area contributed by atoms with E-state index in [9.17, 15) is 0 Å². The number of hydrogen-bond donors (Lipinski definition) is 1. The van der Waals surface area contributed by atoms with Crippen LogP contribution >= 0.6 is 0 Å². The van der Waals surface area contributed by atoms with E-state index in [1.807, 2.05) is 0 Å². The fourth-order valence-corrected chi connectivity index (χ4v) is 6.66. The summed E-state index contributed by atoms with van der Waals surface area (Å²) >= 11 is 0. The monoisotopic (exact) mass is 278 g/mol. The zero-order valence-corrected chi connectivity index (χ0v) is 14.1. The first-order valence-corrected chi connectivity index (χ1v) is 8.87. The molecule has 2 unspecified atom stereocenters. The van der Waals surface area contributed by atoms with Crippen LogP contribution in [-0.4, -0.2) is 36.6 Å². The van der Waals surface area contributed by atoms with Crippen molar-refractivity contribution in [2.45, 2.75) is 71.8 Å². The molecule has 4 rings (SSSR count). The maximum Gasteiger partial charge on any atom is 0.0195 e. The normalized spacial score (nSPS) is 46.4. The highest BCUT2D eigenvalue weighted by atomic mass is 15.1. The summed E-state index contributed by atoms with van der Waals surface area (Å²) in [6.07, 6.45) is 8.81. The van der Waals surface area contributed by atoms with Gasteiger partial charge in [0.2, 0.25) is 0 Å². The Kier molecular flexibility index (Phi) is 3.70. The van der Waals surface area contributed by atoms with Crippen LogP contribution in [0.15, 0.2) is 0 Å².